The molecule has 6 rings (SSSR count). The summed E-state index contributed by atoms with van der Waals surface area (Å²) in [5, 5.41) is 31.2. The number of esters is 2. The number of amides is 2. The molecule has 4 heterocycles. The Morgan fingerprint density at radius 2 is 1.23 bits per heavy atom. The summed E-state index contributed by atoms with van der Waals surface area (Å²) in [7, 11) is 3.07. The number of β-lactam (4-membered cyclic amide) rings is 2. The molecule has 2 N–H and O–H groups in total. The monoisotopic (exact) mass is 742 g/mol. The predicted octanol–water partition coefficient (Wildman–Crippen LogP) is -1.12. The van der Waals surface area contributed by atoms with Crippen molar-refractivity contribution < 1.29 is 87.8 Å². The van der Waals surface area contributed by atoms with Gasteiger partial charge < -0.3 is 48.9 Å². The molecule has 6 atom stereocenters. The zero-order valence-electron chi connectivity index (χ0n) is 31.1. The largest absolute Gasteiger partial charge is 1.00 e. The minimum Gasteiger partial charge on any atom is -0.543 e. The molecule has 53 heavy (non-hydrogen) atoms. The van der Waals surface area contributed by atoms with Crippen LogP contribution in [0.4, 0.5) is 0 Å². The number of hydrogen-bond donors (Lipinski definition) is 2. The topological polar surface area (TPSA) is 192 Å². The van der Waals surface area contributed by atoms with E-state index in [1.807, 2.05) is 6.07 Å². The maximum atomic E-state index is 12.9. The number of carbonyl (C=O) groups excluding carboxylic acids is 5. The van der Waals surface area contributed by atoms with Crippen LogP contribution < -0.4 is 44.1 Å². The number of aliphatic hydroxyl groups is 2. The van der Waals surface area contributed by atoms with Gasteiger partial charge in [-0.1, -0.05) is 24.3 Å². The SMILES string of the molecule is COc1cccc(C2=C(C(=O)OCOC(=O)C(C)(C)C)N3C(=O)[C@H]([C@@H](C)O)[C@H]3C2)c1.COc1cccc(C2=C(C(=O)[O-])N3C(=O)[C@H]([C@@H](C)O)[C@H]3C2)c1.[Na+]. The van der Waals surface area contributed by atoms with Gasteiger partial charge in [-0.3, -0.25) is 14.4 Å². The fourth-order valence-corrected chi connectivity index (χ4v) is 7.08. The maximum Gasteiger partial charge on any atom is 1.00 e. The van der Waals surface area contributed by atoms with Gasteiger partial charge in [-0.2, -0.15) is 0 Å². The summed E-state index contributed by atoms with van der Waals surface area (Å²) >= 11 is 0. The van der Waals surface area contributed by atoms with Crippen molar-refractivity contribution in [3.05, 3.63) is 71.1 Å². The van der Waals surface area contributed by atoms with Gasteiger partial charge in [0.25, 0.3) is 0 Å². The number of hydrogen-bond acceptors (Lipinski definition) is 12. The van der Waals surface area contributed by atoms with Gasteiger partial charge in [0, 0.05) is 0 Å². The van der Waals surface area contributed by atoms with Crippen molar-refractivity contribution in [3.8, 4) is 11.5 Å². The van der Waals surface area contributed by atoms with Crippen molar-refractivity contribution in [1.82, 2.24) is 9.80 Å². The second-order valence-electron chi connectivity index (χ2n) is 14.1. The molecule has 278 valence electrons. The molecule has 4 aliphatic heterocycles. The average Bonchev–Trinajstić information content (AvgIpc) is 3.61. The van der Waals surface area contributed by atoms with Crippen LogP contribution in [0.2, 0.25) is 0 Å². The Balaban J connectivity index is 0.000000243. The summed E-state index contributed by atoms with van der Waals surface area (Å²) in [5.41, 5.74) is 1.86. The Morgan fingerprint density at radius 3 is 1.62 bits per heavy atom. The number of aliphatic carboxylic acids is 1. The molecule has 2 amide bonds. The molecule has 2 fully saturated rings. The molecule has 0 aliphatic carbocycles. The Labute approximate surface area is 329 Å². The normalized spacial score (nSPS) is 22.6. The van der Waals surface area contributed by atoms with Crippen LogP contribution in [0.1, 0.15) is 58.6 Å². The van der Waals surface area contributed by atoms with Gasteiger partial charge in [-0.05, 0) is 94.0 Å². The molecule has 0 saturated carbocycles. The molecule has 14 nitrogen and oxygen atoms in total. The number of benzene rings is 2. The van der Waals surface area contributed by atoms with Gasteiger partial charge in [0.1, 0.15) is 17.2 Å². The standard InChI is InChI=1S/C22H27NO7.C16H17NO5.Na/c1-12(24)17-16-10-15(13-7-6-8-14(9-13)28-5)18(23(16)19(17)25)20(26)29-11-30-21(27)22(2,3)4;1-8(18)13-12-7-11(9-4-3-5-10(6-9)22-2)14(16(20)21)17(12)15(13)19;/h6-9,12,16-17,24H,10-11H2,1-5H3;3-6,8,12-13,18H,7H2,1-2H3,(H,20,21);/q;;+1/p-1/t12-,16-,17-;8-,12-,13-;/m11./s1. The third-order valence-corrected chi connectivity index (χ3v) is 9.67. The van der Waals surface area contributed by atoms with Gasteiger partial charge in [0.2, 0.25) is 18.6 Å². The summed E-state index contributed by atoms with van der Waals surface area (Å²) in [4.78, 5) is 63.6. The molecule has 0 radical (unpaired) electrons. The van der Waals surface area contributed by atoms with Gasteiger partial charge in [-0.15, -0.1) is 0 Å². The van der Waals surface area contributed by atoms with E-state index in [4.69, 9.17) is 18.9 Å². The Morgan fingerprint density at radius 1 is 0.792 bits per heavy atom. The molecule has 0 bridgehead atoms. The number of rotatable bonds is 10. The Hall–Kier alpha value is -4.21. The van der Waals surface area contributed by atoms with E-state index in [1.54, 1.807) is 84.2 Å². The molecule has 0 unspecified atom stereocenters. The first kappa shape index (κ1) is 41.5. The average molecular weight is 743 g/mol. The van der Waals surface area contributed by atoms with Crippen LogP contribution in [0.3, 0.4) is 0 Å². The van der Waals surface area contributed by atoms with Crippen LogP contribution in [-0.2, 0) is 33.4 Å². The number of fused-ring (bicyclic) bond motifs is 2. The molecule has 2 aromatic carbocycles. The van der Waals surface area contributed by atoms with Crippen molar-refractivity contribution in [2.24, 2.45) is 17.3 Å². The van der Waals surface area contributed by atoms with Crippen molar-refractivity contribution >= 4 is 40.9 Å². The first-order valence-electron chi connectivity index (χ1n) is 16.8. The molecule has 4 aliphatic rings. The fourth-order valence-electron chi connectivity index (χ4n) is 7.08. The summed E-state index contributed by atoms with van der Waals surface area (Å²) in [6.07, 6.45) is -0.840. The van der Waals surface area contributed by atoms with Crippen LogP contribution >= 0.6 is 0 Å². The zero-order chi connectivity index (χ0) is 38.2. The summed E-state index contributed by atoms with van der Waals surface area (Å²) in [5.74, 6) is -3.24. The Kier molecular flexibility index (Phi) is 12.9. The van der Waals surface area contributed by atoms with Crippen LogP contribution in [-0.4, -0.2) is 95.0 Å². The molecule has 15 heteroatoms. The summed E-state index contributed by atoms with van der Waals surface area (Å²) in [6, 6.07) is 13.5. The summed E-state index contributed by atoms with van der Waals surface area (Å²) < 4.78 is 20.6. The number of carboxylic acid groups (broad SMARTS) is 1. The van der Waals surface area contributed by atoms with E-state index in [0.717, 1.165) is 5.56 Å². The number of carbonyl (C=O) groups is 5. The van der Waals surface area contributed by atoms with Gasteiger partial charge in [-0.25, -0.2) is 4.79 Å². The van der Waals surface area contributed by atoms with Crippen molar-refractivity contribution in [2.75, 3.05) is 21.0 Å². The van der Waals surface area contributed by atoms with Gasteiger partial charge in [0.15, 0.2) is 0 Å². The van der Waals surface area contributed by atoms with Gasteiger partial charge >= 0.3 is 41.5 Å². The van der Waals surface area contributed by atoms with E-state index >= 15 is 0 Å². The van der Waals surface area contributed by atoms with E-state index in [0.29, 0.717) is 41.1 Å². The third kappa shape index (κ3) is 8.02. The molecule has 2 saturated heterocycles. The van der Waals surface area contributed by atoms with Crippen LogP contribution in [0.5, 0.6) is 11.5 Å². The number of aliphatic hydroxyl groups excluding tert-OH is 2. The smallest absolute Gasteiger partial charge is 0.543 e. The van der Waals surface area contributed by atoms with Crippen molar-refractivity contribution in [1.29, 1.82) is 0 Å². The van der Waals surface area contributed by atoms with Crippen LogP contribution in [0.25, 0.3) is 11.1 Å². The van der Waals surface area contributed by atoms with E-state index in [1.165, 1.54) is 16.9 Å². The van der Waals surface area contributed by atoms with Crippen LogP contribution in [0, 0.1) is 17.3 Å². The number of ether oxygens (including phenoxy) is 4. The van der Waals surface area contributed by atoms with Crippen molar-refractivity contribution in [2.45, 2.75) is 71.8 Å². The minimum atomic E-state index is -1.38. The minimum absolute atomic E-state index is 0. The quantitative estimate of drug-likeness (QED) is 0.129. The maximum absolute atomic E-state index is 12.9. The van der Waals surface area contributed by atoms with Crippen LogP contribution in [0.15, 0.2) is 59.9 Å². The second kappa shape index (κ2) is 16.4. The molecule has 0 aromatic heterocycles. The van der Waals surface area contributed by atoms with E-state index in [-0.39, 0.29) is 64.8 Å². The van der Waals surface area contributed by atoms with E-state index in [9.17, 15) is 39.3 Å². The van der Waals surface area contributed by atoms with Crippen molar-refractivity contribution in [3.63, 3.8) is 0 Å². The molecule has 2 aromatic rings. The summed E-state index contributed by atoms with van der Waals surface area (Å²) in [6.45, 7) is 7.64. The first-order valence-corrected chi connectivity index (χ1v) is 16.8. The number of carboxylic acids is 1. The van der Waals surface area contributed by atoms with E-state index < -0.39 is 54.2 Å². The predicted molar refractivity (Wildman–Crippen MR) is 182 cm³/mol. The Bertz CT molecular complexity index is 1850. The third-order valence-electron chi connectivity index (χ3n) is 9.67. The fraction of sp³-hybridized carbons (Fsp3) is 0.447. The second-order valence-corrected chi connectivity index (χ2v) is 14.1. The molecular formula is C38H43N2NaO12. The molecular weight excluding hydrogens is 699 g/mol. The van der Waals surface area contributed by atoms with Gasteiger partial charge in [0.05, 0.1) is 67.4 Å². The first-order chi connectivity index (χ1) is 24.5. The zero-order valence-corrected chi connectivity index (χ0v) is 33.1. The number of nitrogens with zero attached hydrogens (tertiary/aromatic N) is 2. The van der Waals surface area contributed by atoms with E-state index in [2.05, 4.69) is 0 Å². The number of methoxy groups -OCH3 is 2. The molecule has 0 spiro atoms.